The number of halogens is 1. The predicted molar refractivity (Wildman–Crippen MR) is 93.9 cm³/mol. The number of carbonyl (C=O) groups excluding carboxylic acids is 2. The van der Waals surface area contributed by atoms with E-state index < -0.39 is 0 Å². The van der Waals surface area contributed by atoms with Crippen molar-refractivity contribution in [2.75, 3.05) is 11.9 Å². The number of urea groups is 1. The van der Waals surface area contributed by atoms with Crippen molar-refractivity contribution in [2.45, 2.75) is 19.0 Å². The summed E-state index contributed by atoms with van der Waals surface area (Å²) in [7, 11) is 0. The van der Waals surface area contributed by atoms with E-state index in [1.54, 1.807) is 29.2 Å². The number of nitrogens with one attached hydrogen (secondary N) is 2. The Morgan fingerprint density at radius 3 is 2.58 bits per heavy atom. The summed E-state index contributed by atoms with van der Waals surface area (Å²) in [6.45, 7) is 1.06. The Labute approximate surface area is 145 Å². The summed E-state index contributed by atoms with van der Waals surface area (Å²) >= 11 is 6.02. The molecule has 0 aliphatic carbocycles. The van der Waals surface area contributed by atoms with Crippen LogP contribution in [-0.4, -0.2) is 29.4 Å². The van der Waals surface area contributed by atoms with Crippen molar-refractivity contribution >= 4 is 29.2 Å². The number of benzene rings is 2. The van der Waals surface area contributed by atoms with Crippen molar-refractivity contribution in [2.24, 2.45) is 0 Å². The van der Waals surface area contributed by atoms with Crippen LogP contribution in [0.3, 0.4) is 0 Å². The Balaban J connectivity index is 1.54. The number of hydrogen-bond donors (Lipinski definition) is 2. The van der Waals surface area contributed by atoms with Gasteiger partial charge < -0.3 is 15.5 Å². The third-order valence-corrected chi connectivity index (χ3v) is 4.22. The van der Waals surface area contributed by atoms with Gasteiger partial charge in [0.1, 0.15) is 0 Å². The third-order valence-electron chi connectivity index (χ3n) is 3.89. The van der Waals surface area contributed by atoms with Gasteiger partial charge in [-0.3, -0.25) is 4.79 Å². The van der Waals surface area contributed by atoms with Gasteiger partial charge in [-0.25, -0.2) is 4.79 Å². The standard InChI is InChI=1S/C18H18ClN3O2/c19-15-8-4-5-9-16(15)21-18(24)20-14-10-17(23)22(12-14)11-13-6-2-1-3-7-13/h1-9,14H,10-12H2,(H2,20,21,24). The number of likely N-dealkylation sites (tertiary alicyclic amines) is 1. The topological polar surface area (TPSA) is 61.4 Å². The van der Waals surface area contributed by atoms with Crippen LogP contribution in [0, 0.1) is 0 Å². The van der Waals surface area contributed by atoms with Crippen molar-refractivity contribution in [1.29, 1.82) is 0 Å². The average molecular weight is 344 g/mol. The van der Waals surface area contributed by atoms with Crippen LogP contribution < -0.4 is 10.6 Å². The highest BCUT2D eigenvalue weighted by atomic mass is 35.5. The largest absolute Gasteiger partial charge is 0.336 e. The number of nitrogens with zero attached hydrogens (tertiary/aromatic N) is 1. The first-order valence-corrected chi connectivity index (χ1v) is 8.13. The minimum absolute atomic E-state index is 0.0434. The fourth-order valence-electron chi connectivity index (χ4n) is 2.73. The number of anilines is 1. The molecule has 1 aliphatic heterocycles. The van der Waals surface area contributed by atoms with E-state index in [1.807, 2.05) is 30.3 Å². The van der Waals surface area contributed by atoms with Crippen LogP contribution >= 0.6 is 11.6 Å². The summed E-state index contributed by atoms with van der Waals surface area (Å²) < 4.78 is 0. The highest BCUT2D eigenvalue weighted by Gasteiger charge is 2.30. The summed E-state index contributed by atoms with van der Waals surface area (Å²) in [6.07, 6.45) is 0.308. The molecule has 3 rings (SSSR count). The van der Waals surface area contributed by atoms with E-state index in [9.17, 15) is 9.59 Å². The Kier molecular flexibility index (Phi) is 5.01. The number of para-hydroxylation sites is 1. The summed E-state index contributed by atoms with van der Waals surface area (Å²) in [4.78, 5) is 26.0. The summed E-state index contributed by atoms with van der Waals surface area (Å²) in [5, 5.41) is 6.01. The van der Waals surface area contributed by atoms with Gasteiger partial charge in [0.25, 0.3) is 0 Å². The van der Waals surface area contributed by atoms with E-state index >= 15 is 0 Å². The van der Waals surface area contributed by atoms with Gasteiger partial charge in [0.2, 0.25) is 5.91 Å². The maximum Gasteiger partial charge on any atom is 0.319 e. The molecule has 2 aromatic rings. The van der Waals surface area contributed by atoms with E-state index in [2.05, 4.69) is 10.6 Å². The van der Waals surface area contributed by atoms with E-state index in [-0.39, 0.29) is 18.0 Å². The van der Waals surface area contributed by atoms with Crippen LogP contribution in [0.15, 0.2) is 54.6 Å². The van der Waals surface area contributed by atoms with Crippen LogP contribution in [0.5, 0.6) is 0 Å². The number of hydrogen-bond acceptors (Lipinski definition) is 2. The summed E-state index contributed by atoms with van der Waals surface area (Å²) in [6, 6.07) is 16.3. The molecule has 0 bridgehead atoms. The summed E-state index contributed by atoms with van der Waals surface area (Å²) in [5.41, 5.74) is 1.62. The van der Waals surface area contributed by atoms with Crippen molar-refractivity contribution < 1.29 is 9.59 Å². The van der Waals surface area contributed by atoms with E-state index in [1.165, 1.54) is 0 Å². The van der Waals surface area contributed by atoms with Crippen molar-refractivity contribution in [1.82, 2.24) is 10.2 Å². The second-order valence-corrected chi connectivity index (χ2v) is 6.15. The van der Waals surface area contributed by atoms with Crippen LogP contribution in [0.2, 0.25) is 5.02 Å². The molecule has 1 unspecified atom stereocenters. The number of amides is 3. The zero-order valence-corrected chi connectivity index (χ0v) is 13.8. The molecule has 6 heteroatoms. The molecule has 124 valence electrons. The fourth-order valence-corrected chi connectivity index (χ4v) is 2.91. The quantitative estimate of drug-likeness (QED) is 0.895. The molecule has 1 saturated heterocycles. The Morgan fingerprint density at radius 1 is 1.12 bits per heavy atom. The molecule has 1 fully saturated rings. The molecule has 1 aliphatic rings. The lowest BCUT2D eigenvalue weighted by Crippen LogP contribution is -2.39. The maximum absolute atomic E-state index is 12.1. The van der Waals surface area contributed by atoms with E-state index in [0.29, 0.717) is 30.2 Å². The molecular formula is C18H18ClN3O2. The van der Waals surface area contributed by atoms with Gasteiger partial charge in [0, 0.05) is 19.5 Å². The Morgan fingerprint density at radius 2 is 1.83 bits per heavy atom. The van der Waals surface area contributed by atoms with E-state index in [4.69, 9.17) is 11.6 Å². The SMILES string of the molecule is O=C(Nc1ccccc1Cl)NC1CC(=O)N(Cc2ccccc2)C1. The molecule has 2 N–H and O–H groups in total. The Bertz CT molecular complexity index is 736. The molecular weight excluding hydrogens is 326 g/mol. The third kappa shape index (κ3) is 4.06. The predicted octanol–water partition coefficient (Wildman–Crippen LogP) is 3.26. The molecule has 0 radical (unpaired) electrons. The monoisotopic (exact) mass is 343 g/mol. The van der Waals surface area contributed by atoms with Crippen molar-refractivity contribution in [3.63, 3.8) is 0 Å². The van der Waals surface area contributed by atoms with Gasteiger partial charge in [0.15, 0.2) is 0 Å². The molecule has 5 nitrogen and oxygen atoms in total. The number of carbonyl (C=O) groups is 2. The first kappa shape index (κ1) is 16.3. The molecule has 24 heavy (non-hydrogen) atoms. The van der Waals surface area contributed by atoms with Gasteiger partial charge in [-0.2, -0.15) is 0 Å². The van der Waals surface area contributed by atoms with Gasteiger partial charge in [0.05, 0.1) is 16.8 Å². The molecule has 0 spiro atoms. The van der Waals surface area contributed by atoms with Crippen LogP contribution in [0.25, 0.3) is 0 Å². The van der Waals surface area contributed by atoms with Gasteiger partial charge >= 0.3 is 6.03 Å². The van der Waals surface area contributed by atoms with Gasteiger partial charge in [-0.1, -0.05) is 54.1 Å². The lowest BCUT2D eigenvalue weighted by atomic mass is 10.2. The van der Waals surface area contributed by atoms with Crippen LogP contribution in [0.4, 0.5) is 10.5 Å². The first-order chi connectivity index (χ1) is 11.6. The average Bonchev–Trinajstić information content (AvgIpc) is 2.90. The summed E-state index contributed by atoms with van der Waals surface area (Å²) in [5.74, 6) is 0.0434. The molecule has 3 amide bonds. The number of rotatable bonds is 4. The zero-order chi connectivity index (χ0) is 16.9. The molecule has 1 heterocycles. The maximum atomic E-state index is 12.1. The lowest BCUT2D eigenvalue weighted by Gasteiger charge is -2.17. The normalized spacial score (nSPS) is 17.0. The smallest absolute Gasteiger partial charge is 0.319 e. The zero-order valence-electron chi connectivity index (χ0n) is 13.0. The Hall–Kier alpha value is -2.53. The second-order valence-electron chi connectivity index (χ2n) is 5.74. The molecule has 0 saturated carbocycles. The molecule has 1 atom stereocenters. The van der Waals surface area contributed by atoms with Gasteiger partial charge in [-0.15, -0.1) is 0 Å². The van der Waals surface area contributed by atoms with Crippen LogP contribution in [-0.2, 0) is 11.3 Å². The minimum atomic E-state index is -0.359. The van der Waals surface area contributed by atoms with Gasteiger partial charge in [-0.05, 0) is 17.7 Å². The highest BCUT2D eigenvalue weighted by molar-refractivity contribution is 6.33. The minimum Gasteiger partial charge on any atom is -0.336 e. The van der Waals surface area contributed by atoms with Crippen molar-refractivity contribution in [3.05, 3.63) is 65.2 Å². The van der Waals surface area contributed by atoms with E-state index in [0.717, 1.165) is 5.56 Å². The first-order valence-electron chi connectivity index (χ1n) is 7.75. The van der Waals surface area contributed by atoms with Crippen LogP contribution in [0.1, 0.15) is 12.0 Å². The molecule has 0 aromatic heterocycles. The fraction of sp³-hybridized carbons (Fsp3) is 0.222. The molecule has 2 aromatic carbocycles. The lowest BCUT2D eigenvalue weighted by molar-refractivity contribution is -0.128. The van der Waals surface area contributed by atoms with Crippen molar-refractivity contribution in [3.8, 4) is 0 Å². The second kappa shape index (κ2) is 7.36. The highest BCUT2D eigenvalue weighted by Crippen LogP contribution is 2.20.